The number of hydrogen-bond acceptors (Lipinski definition) is 5. The number of carbonyl (C=O) groups is 1. The van der Waals surface area contributed by atoms with Gasteiger partial charge in [0.2, 0.25) is 0 Å². The molecule has 0 spiro atoms. The van der Waals surface area contributed by atoms with E-state index in [2.05, 4.69) is 4.98 Å². The van der Waals surface area contributed by atoms with Crippen LogP contribution >= 0.6 is 11.3 Å². The number of carbonyl (C=O) groups excluding carboxylic acids is 1. The first-order valence-corrected chi connectivity index (χ1v) is 6.77. The van der Waals surface area contributed by atoms with Crippen molar-refractivity contribution in [3.8, 4) is 0 Å². The molecule has 2 aromatic heterocycles. The zero-order valence-electron chi connectivity index (χ0n) is 11.2. The molecule has 0 saturated carbocycles. The lowest BCUT2D eigenvalue weighted by Gasteiger charge is -2.23. The fourth-order valence-electron chi connectivity index (χ4n) is 1.82. The molecule has 2 N–H and O–H groups in total. The van der Waals surface area contributed by atoms with Gasteiger partial charge in [-0.15, -0.1) is 11.3 Å². The summed E-state index contributed by atoms with van der Waals surface area (Å²) in [5, 5.41) is 0.837. The molecular weight excluding hydrogens is 262 g/mol. The van der Waals surface area contributed by atoms with Crippen molar-refractivity contribution < 1.29 is 9.53 Å². The van der Waals surface area contributed by atoms with Gasteiger partial charge < -0.3 is 15.4 Å². The summed E-state index contributed by atoms with van der Waals surface area (Å²) in [7, 11) is 3.37. The van der Waals surface area contributed by atoms with Gasteiger partial charge in [-0.1, -0.05) is 0 Å². The van der Waals surface area contributed by atoms with Crippen LogP contribution in [0.5, 0.6) is 0 Å². The third kappa shape index (κ3) is 2.54. The van der Waals surface area contributed by atoms with Crippen LogP contribution in [0.4, 0.5) is 5.69 Å². The topological polar surface area (TPSA) is 68.5 Å². The Balaban J connectivity index is 2.33. The summed E-state index contributed by atoms with van der Waals surface area (Å²) in [6.45, 7) is 2.43. The van der Waals surface area contributed by atoms with Crippen molar-refractivity contribution in [1.82, 2.24) is 9.88 Å². The van der Waals surface area contributed by atoms with E-state index in [1.54, 1.807) is 25.3 Å². The lowest BCUT2D eigenvalue weighted by Crippen LogP contribution is -2.37. The predicted octanol–water partition coefficient (Wildman–Crippen LogP) is 1.99. The summed E-state index contributed by atoms with van der Waals surface area (Å²) in [6, 6.07) is 3.69. The minimum Gasteiger partial charge on any atom is -0.397 e. The average Bonchev–Trinajstić information content (AvgIpc) is 2.75. The van der Waals surface area contributed by atoms with E-state index in [0.29, 0.717) is 17.2 Å². The van der Waals surface area contributed by atoms with Crippen molar-refractivity contribution in [1.29, 1.82) is 0 Å². The third-order valence-corrected chi connectivity index (χ3v) is 4.21. The summed E-state index contributed by atoms with van der Waals surface area (Å²) >= 11 is 1.33. The molecule has 2 heterocycles. The number of ether oxygens (including phenoxy) is 1. The smallest absolute Gasteiger partial charge is 0.266 e. The molecule has 0 bridgehead atoms. The van der Waals surface area contributed by atoms with Gasteiger partial charge in [0.15, 0.2) is 0 Å². The molecule has 0 aliphatic heterocycles. The van der Waals surface area contributed by atoms with E-state index in [9.17, 15) is 4.79 Å². The van der Waals surface area contributed by atoms with Crippen molar-refractivity contribution in [3.05, 3.63) is 23.2 Å². The summed E-state index contributed by atoms with van der Waals surface area (Å²) in [6.07, 6.45) is 1.70. The number of nitrogens with two attached hydrogens (primary N) is 1. The lowest BCUT2D eigenvalue weighted by atomic mass is 10.2. The van der Waals surface area contributed by atoms with Gasteiger partial charge in [0.1, 0.15) is 9.71 Å². The van der Waals surface area contributed by atoms with E-state index >= 15 is 0 Å². The number of nitrogen functional groups attached to an aromatic ring is 1. The molecular formula is C13H17N3O2S. The number of amides is 1. The van der Waals surface area contributed by atoms with Crippen LogP contribution < -0.4 is 5.73 Å². The molecule has 5 nitrogen and oxygen atoms in total. The van der Waals surface area contributed by atoms with Crippen molar-refractivity contribution >= 4 is 33.1 Å². The highest BCUT2D eigenvalue weighted by molar-refractivity contribution is 7.21. The molecule has 0 radical (unpaired) electrons. The SMILES string of the molecule is COCC(C)N(C)C(=O)c1sc2ncccc2c1N. The minimum atomic E-state index is -0.0925. The second kappa shape index (κ2) is 5.54. The predicted molar refractivity (Wildman–Crippen MR) is 77.5 cm³/mol. The highest BCUT2D eigenvalue weighted by atomic mass is 32.1. The van der Waals surface area contributed by atoms with E-state index in [1.807, 2.05) is 19.1 Å². The quantitative estimate of drug-likeness (QED) is 0.929. The Hall–Kier alpha value is -1.66. The van der Waals surface area contributed by atoms with Crippen molar-refractivity contribution in [2.45, 2.75) is 13.0 Å². The Kier molecular flexibility index (Phi) is 4.01. The van der Waals surface area contributed by atoms with Gasteiger partial charge in [-0.3, -0.25) is 4.79 Å². The van der Waals surface area contributed by atoms with Crippen LogP contribution in [0.15, 0.2) is 18.3 Å². The number of fused-ring (bicyclic) bond motifs is 1. The number of hydrogen-bond donors (Lipinski definition) is 1. The third-order valence-electron chi connectivity index (χ3n) is 3.09. The lowest BCUT2D eigenvalue weighted by molar-refractivity contribution is 0.0639. The van der Waals surface area contributed by atoms with E-state index in [4.69, 9.17) is 10.5 Å². The van der Waals surface area contributed by atoms with E-state index in [1.165, 1.54) is 11.3 Å². The second-order valence-corrected chi connectivity index (χ2v) is 5.42. The van der Waals surface area contributed by atoms with Gasteiger partial charge in [0.25, 0.3) is 5.91 Å². The molecule has 0 aliphatic rings. The molecule has 1 atom stereocenters. The molecule has 2 aromatic rings. The maximum absolute atomic E-state index is 12.4. The summed E-state index contributed by atoms with van der Waals surface area (Å²) in [5.41, 5.74) is 6.55. The number of methoxy groups -OCH3 is 1. The van der Waals surface area contributed by atoms with Gasteiger partial charge in [0, 0.05) is 25.7 Å². The molecule has 19 heavy (non-hydrogen) atoms. The Bertz CT molecular complexity index is 597. The first-order chi connectivity index (χ1) is 9.06. The van der Waals surface area contributed by atoms with E-state index in [-0.39, 0.29) is 11.9 Å². The molecule has 1 unspecified atom stereocenters. The van der Waals surface area contributed by atoms with Gasteiger partial charge in [-0.25, -0.2) is 4.98 Å². The Morgan fingerprint density at radius 3 is 3.00 bits per heavy atom. The first kappa shape index (κ1) is 13.8. The second-order valence-electron chi connectivity index (χ2n) is 4.42. The Labute approximate surface area is 116 Å². The van der Waals surface area contributed by atoms with Gasteiger partial charge in [-0.05, 0) is 19.1 Å². The van der Waals surface area contributed by atoms with Gasteiger partial charge in [0.05, 0.1) is 18.3 Å². The number of anilines is 1. The molecule has 0 aliphatic carbocycles. The first-order valence-electron chi connectivity index (χ1n) is 5.95. The summed E-state index contributed by atoms with van der Waals surface area (Å²) in [5.74, 6) is -0.0925. The van der Waals surface area contributed by atoms with Crippen molar-refractivity contribution in [2.75, 3.05) is 26.5 Å². The highest BCUT2D eigenvalue weighted by Gasteiger charge is 2.23. The van der Waals surface area contributed by atoms with Crippen molar-refractivity contribution in [3.63, 3.8) is 0 Å². The van der Waals surface area contributed by atoms with Crippen molar-refractivity contribution in [2.24, 2.45) is 0 Å². The maximum atomic E-state index is 12.4. The molecule has 2 rings (SSSR count). The fraction of sp³-hybridized carbons (Fsp3) is 0.385. The van der Waals surface area contributed by atoms with Crippen LogP contribution in [-0.2, 0) is 4.74 Å². The van der Waals surface area contributed by atoms with E-state index in [0.717, 1.165) is 10.2 Å². The van der Waals surface area contributed by atoms with Crippen LogP contribution in [0, 0.1) is 0 Å². The molecule has 102 valence electrons. The van der Waals surface area contributed by atoms with Gasteiger partial charge in [-0.2, -0.15) is 0 Å². The number of likely N-dealkylation sites (N-methyl/N-ethyl adjacent to an activating group) is 1. The maximum Gasteiger partial charge on any atom is 0.266 e. The molecule has 0 saturated heterocycles. The monoisotopic (exact) mass is 279 g/mol. The number of nitrogens with zero attached hydrogens (tertiary/aromatic N) is 2. The summed E-state index contributed by atoms with van der Waals surface area (Å²) < 4.78 is 5.07. The highest BCUT2D eigenvalue weighted by Crippen LogP contribution is 2.32. The average molecular weight is 279 g/mol. The minimum absolute atomic E-state index is 0.00456. The molecule has 1 amide bonds. The number of thiophene rings is 1. The largest absolute Gasteiger partial charge is 0.397 e. The van der Waals surface area contributed by atoms with Gasteiger partial charge >= 0.3 is 0 Å². The Morgan fingerprint density at radius 2 is 2.37 bits per heavy atom. The number of rotatable bonds is 4. The molecule has 0 aromatic carbocycles. The fourth-order valence-corrected chi connectivity index (χ4v) is 2.87. The van der Waals surface area contributed by atoms with Crippen LogP contribution in [0.2, 0.25) is 0 Å². The van der Waals surface area contributed by atoms with Crippen LogP contribution in [0.25, 0.3) is 10.2 Å². The summed E-state index contributed by atoms with van der Waals surface area (Å²) in [4.78, 5) is 19.6. The normalized spacial score (nSPS) is 12.6. The van der Waals surface area contributed by atoms with Crippen LogP contribution in [0.1, 0.15) is 16.6 Å². The zero-order chi connectivity index (χ0) is 14.0. The van der Waals surface area contributed by atoms with Crippen LogP contribution in [0.3, 0.4) is 0 Å². The van der Waals surface area contributed by atoms with Crippen LogP contribution in [-0.4, -0.2) is 42.6 Å². The standard InChI is InChI=1S/C13H17N3O2S/c1-8(7-18-3)16(2)13(17)11-10(14)9-5-4-6-15-12(9)19-11/h4-6,8H,7,14H2,1-3H3. The number of pyridine rings is 1. The molecule has 6 heteroatoms. The zero-order valence-corrected chi connectivity index (χ0v) is 12.0. The van der Waals surface area contributed by atoms with E-state index < -0.39 is 0 Å². The number of aromatic nitrogens is 1. The Morgan fingerprint density at radius 1 is 1.63 bits per heavy atom. The molecule has 0 fully saturated rings.